The van der Waals surface area contributed by atoms with Gasteiger partial charge in [0.15, 0.2) is 0 Å². The highest BCUT2D eigenvalue weighted by atomic mass is 19.1. The topological polar surface area (TPSA) is 106 Å². The number of H-pyrrole nitrogens is 1. The van der Waals surface area contributed by atoms with Crippen LogP contribution in [0.4, 0.5) is 10.1 Å². The van der Waals surface area contributed by atoms with Crippen molar-refractivity contribution < 1.29 is 23.7 Å². The smallest absolute Gasteiger partial charge is 0.143 e. The molecule has 0 radical (unpaired) electrons. The van der Waals surface area contributed by atoms with Gasteiger partial charge in [0.1, 0.15) is 6.79 Å². The van der Waals surface area contributed by atoms with Gasteiger partial charge < -0.3 is 34.9 Å². The Labute approximate surface area is 246 Å². The molecule has 1 aromatic carbocycles. The van der Waals surface area contributed by atoms with Gasteiger partial charge in [-0.25, -0.2) is 4.39 Å². The highest BCUT2D eigenvalue weighted by molar-refractivity contribution is 5.93. The van der Waals surface area contributed by atoms with Crippen molar-refractivity contribution in [2.75, 3.05) is 58.8 Å². The molecular weight excluding hydrogens is 523 g/mol. The molecule has 1 saturated heterocycles. The standard InChI is InChI=1S/C26H35N3O4.C3H7F.C2H6.CH5N/c1-18(31-4)24-20(6-5-9-27-24)25-22(15-26(2,3)16-33-17-30)21-14-19(7-8-23(21)28-25)29-10-12-32-13-11-29;1-3(2)4;2*1-2/h5-9,14,18,28,30H,10-13,15-17H2,1-4H3;3H,1-2H3;1-2H3;2H2,1H3. The number of nitrogens with zero attached hydrogens (tertiary/aromatic N) is 2. The lowest BCUT2D eigenvalue weighted by Gasteiger charge is -2.29. The van der Waals surface area contributed by atoms with E-state index in [0.717, 1.165) is 55.2 Å². The van der Waals surface area contributed by atoms with Gasteiger partial charge in [0.25, 0.3) is 0 Å². The number of benzene rings is 1. The third kappa shape index (κ3) is 11.0. The van der Waals surface area contributed by atoms with Crippen LogP contribution in [0, 0.1) is 5.41 Å². The zero-order valence-electron chi connectivity index (χ0n) is 26.6. The average molecular weight is 577 g/mol. The summed E-state index contributed by atoms with van der Waals surface area (Å²) < 4.78 is 27.6. The first kappa shape index (κ1) is 36.5. The fourth-order valence-electron chi connectivity index (χ4n) is 4.58. The average Bonchev–Trinajstić information content (AvgIpc) is 3.34. The van der Waals surface area contributed by atoms with Crippen LogP contribution in [0.2, 0.25) is 0 Å². The number of hydrogen-bond donors (Lipinski definition) is 3. The van der Waals surface area contributed by atoms with Gasteiger partial charge in [0.2, 0.25) is 0 Å². The Hall–Kier alpha value is -2.56. The van der Waals surface area contributed by atoms with Crippen LogP contribution in [0.1, 0.15) is 65.8 Å². The Morgan fingerprint density at radius 1 is 1.15 bits per heavy atom. The monoisotopic (exact) mass is 576 g/mol. The molecule has 4 N–H and O–H groups in total. The number of aromatic nitrogens is 2. The van der Waals surface area contributed by atoms with Gasteiger partial charge in [-0.2, -0.15) is 0 Å². The molecule has 1 aliphatic rings. The second-order valence-corrected chi connectivity index (χ2v) is 10.5. The Bertz CT molecular complexity index is 1130. The van der Waals surface area contributed by atoms with Gasteiger partial charge in [0.05, 0.1) is 43.5 Å². The molecule has 0 aliphatic carbocycles. The third-order valence-electron chi connectivity index (χ3n) is 6.35. The van der Waals surface area contributed by atoms with Crippen LogP contribution in [0.3, 0.4) is 0 Å². The van der Waals surface area contributed by atoms with Crippen molar-refractivity contribution >= 4 is 16.6 Å². The third-order valence-corrected chi connectivity index (χ3v) is 6.35. The lowest BCUT2D eigenvalue weighted by Crippen LogP contribution is -2.36. The lowest BCUT2D eigenvalue weighted by atomic mass is 9.84. The van der Waals surface area contributed by atoms with E-state index in [1.807, 2.05) is 33.0 Å². The molecule has 3 aromatic rings. The number of rotatable bonds is 9. The first-order valence-electron chi connectivity index (χ1n) is 14.5. The van der Waals surface area contributed by atoms with Crippen LogP contribution in [0.5, 0.6) is 0 Å². The number of morpholine rings is 1. The summed E-state index contributed by atoms with van der Waals surface area (Å²) in [6, 6.07) is 10.7. The molecule has 1 aliphatic heterocycles. The largest absolute Gasteiger partial charge is 0.378 e. The zero-order chi connectivity index (χ0) is 31.0. The number of pyridine rings is 1. The van der Waals surface area contributed by atoms with Gasteiger partial charge >= 0.3 is 0 Å². The van der Waals surface area contributed by atoms with E-state index in [-0.39, 0.29) is 18.3 Å². The first-order chi connectivity index (χ1) is 19.7. The van der Waals surface area contributed by atoms with Crippen molar-refractivity contribution in [3.8, 4) is 11.3 Å². The van der Waals surface area contributed by atoms with Crippen LogP contribution < -0.4 is 10.6 Å². The van der Waals surface area contributed by atoms with Crippen molar-refractivity contribution in [2.24, 2.45) is 11.1 Å². The number of aliphatic hydroxyl groups is 1. The molecule has 8 nitrogen and oxygen atoms in total. The van der Waals surface area contributed by atoms with Crippen LogP contribution in [-0.2, 0) is 20.6 Å². The number of methoxy groups -OCH3 is 1. The van der Waals surface area contributed by atoms with Crippen molar-refractivity contribution in [2.45, 2.75) is 67.2 Å². The molecule has 1 atom stereocenters. The van der Waals surface area contributed by atoms with Crippen LogP contribution >= 0.6 is 0 Å². The van der Waals surface area contributed by atoms with E-state index in [2.05, 4.69) is 58.7 Å². The summed E-state index contributed by atoms with van der Waals surface area (Å²) in [6.45, 7) is 16.8. The van der Waals surface area contributed by atoms with Gasteiger partial charge in [-0.3, -0.25) is 4.98 Å². The van der Waals surface area contributed by atoms with E-state index < -0.39 is 6.17 Å². The van der Waals surface area contributed by atoms with Gasteiger partial charge in [-0.05, 0) is 75.5 Å². The number of halogens is 1. The number of aromatic amines is 1. The minimum Gasteiger partial charge on any atom is -0.378 e. The summed E-state index contributed by atoms with van der Waals surface area (Å²) >= 11 is 0. The number of anilines is 1. The molecule has 9 heteroatoms. The Morgan fingerprint density at radius 3 is 2.37 bits per heavy atom. The molecule has 0 bridgehead atoms. The SMILES string of the molecule is CC.CC(C)F.CN.COC(C)c1ncccc1-c1[nH]c2ccc(N3CCOCC3)cc2c1CC(C)(C)COCO. The fraction of sp³-hybridized carbons (Fsp3) is 0.594. The summed E-state index contributed by atoms with van der Waals surface area (Å²) in [4.78, 5) is 10.7. The van der Waals surface area contributed by atoms with E-state index in [4.69, 9.17) is 14.2 Å². The van der Waals surface area contributed by atoms with Crippen molar-refractivity contribution in [1.82, 2.24) is 9.97 Å². The quantitative estimate of drug-likeness (QED) is 0.258. The zero-order valence-corrected chi connectivity index (χ0v) is 26.6. The summed E-state index contributed by atoms with van der Waals surface area (Å²) in [5.41, 5.74) is 10.9. The molecule has 1 unspecified atom stereocenters. The van der Waals surface area contributed by atoms with Crippen molar-refractivity contribution in [3.63, 3.8) is 0 Å². The second-order valence-electron chi connectivity index (χ2n) is 10.5. The number of ether oxygens (including phenoxy) is 3. The Balaban J connectivity index is 0.000000950. The van der Waals surface area contributed by atoms with Gasteiger partial charge in [-0.1, -0.05) is 27.7 Å². The fourth-order valence-corrected chi connectivity index (χ4v) is 4.58. The molecule has 2 aromatic heterocycles. The molecule has 41 heavy (non-hydrogen) atoms. The number of fused-ring (bicyclic) bond motifs is 1. The summed E-state index contributed by atoms with van der Waals surface area (Å²) in [7, 11) is 3.21. The molecule has 1 fully saturated rings. The molecule has 232 valence electrons. The molecule has 0 amide bonds. The highest BCUT2D eigenvalue weighted by Gasteiger charge is 2.26. The number of aliphatic hydroxyl groups excluding tert-OH is 1. The Kier molecular flexibility index (Phi) is 16.7. The van der Waals surface area contributed by atoms with E-state index in [0.29, 0.717) is 6.61 Å². The van der Waals surface area contributed by atoms with Crippen molar-refractivity contribution in [3.05, 3.63) is 47.8 Å². The predicted molar refractivity (Wildman–Crippen MR) is 168 cm³/mol. The minimum atomic E-state index is -0.667. The van der Waals surface area contributed by atoms with Gasteiger partial charge in [-0.15, -0.1) is 0 Å². The molecule has 0 spiro atoms. The van der Waals surface area contributed by atoms with E-state index >= 15 is 0 Å². The Morgan fingerprint density at radius 2 is 1.78 bits per heavy atom. The number of alkyl halides is 1. The molecule has 4 rings (SSSR count). The van der Waals surface area contributed by atoms with Crippen LogP contribution in [0.15, 0.2) is 36.5 Å². The molecule has 0 saturated carbocycles. The van der Waals surface area contributed by atoms with E-state index in [1.165, 1.54) is 37.5 Å². The maximum atomic E-state index is 11.0. The second kappa shape index (κ2) is 18.8. The maximum Gasteiger partial charge on any atom is 0.143 e. The summed E-state index contributed by atoms with van der Waals surface area (Å²) in [6.07, 6.45) is 1.80. The highest BCUT2D eigenvalue weighted by Crippen LogP contribution is 2.39. The lowest BCUT2D eigenvalue weighted by molar-refractivity contribution is -0.0354. The van der Waals surface area contributed by atoms with Crippen LogP contribution in [0.25, 0.3) is 22.2 Å². The van der Waals surface area contributed by atoms with Crippen molar-refractivity contribution in [1.29, 1.82) is 0 Å². The predicted octanol–water partition coefficient (Wildman–Crippen LogP) is 6.27. The maximum absolute atomic E-state index is 11.0. The van der Waals surface area contributed by atoms with Gasteiger partial charge in [0, 0.05) is 48.5 Å². The number of nitrogens with two attached hydrogens (primary N) is 1. The first-order valence-corrected chi connectivity index (χ1v) is 14.5. The minimum absolute atomic E-state index is 0.130. The molecule has 3 heterocycles. The van der Waals surface area contributed by atoms with Crippen LogP contribution in [-0.4, -0.2) is 75.1 Å². The normalized spacial score (nSPS) is 13.9. The number of hydrogen-bond acceptors (Lipinski definition) is 7. The summed E-state index contributed by atoms with van der Waals surface area (Å²) in [5, 5.41) is 10.4. The van der Waals surface area contributed by atoms with E-state index in [1.54, 1.807) is 7.11 Å². The van der Waals surface area contributed by atoms with E-state index in [9.17, 15) is 9.50 Å². The molecular formula is C32H53FN4O4. The number of nitrogens with one attached hydrogen (secondary N) is 1. The summed E-state index contributed by atoms with van der Waals surface area (Å²) in [5.74, 6) is 0.